The molecular formula is C17H22F3NO4. The maximum atomic E-state index is 10.5. The van der Waals surface area contributed by atoms with Gasteiger partial charge in [0.15, 0.2) is 0 Å². The average molecular weight is 361 g/mol. The minimum absolute atomic E-state index is 0.132. The molecule has 2 unspecified atom stereocenters. The average Bonchev–Trinajstić information content (AvgIpc) is 3.02. The van der Waals surface area contributed by atoms with Gasteiger partial charge >= 0.3 is 6.18 Å². The lowest BCUT2D eigenvalue weighted by Crippen LogP contribution is -2.76. The molecule has 0 aliphatic heterocycles. The maximum Gasteiger partial charge on any atom is 0.430 e. The molecule has 0 aromatic heterocycles. The molecule has 0 radical (unpaired) electrons. The Morgan fingerprint density at radius 1 is 1.36 bits per heavy atom. The zero-order valence-electron chi connectivity index (χ0n) is 13.9. The summed E-state index contributed by atoms with van der Waals surface area (Å²) in [6.45, 7) is 0. The zero-order valence-corrected chi connectivity index (χ0v) is 13.9. The van der Waals surface area contributed by atoms with E-state index < -0.39 is 12.1 Å². The Balaban J connectivity index is 0.000000277. The molecule has 1 saturated carbocycles. The number of methoxy groups -OCH3 is 1. The molecule has 1 fully saturated rings. The monoisotopic (exact) mass is 361 g/mol. The van der Waals surface area contributed by atoms with E-state index in [-0.39, 0.29) is 11.5 Å². The number of carboxylic acid groups (broad SMARTS) is 1. The fourth-order valence-corrected chi connectivity index (χ4v) is 4.01. The van der Waals surface area contributed by atoms with Crippen LogP contribution in [-0.2, 0) is 21.4 Å². The van der Waals surface area contributed by atoms with Crippen molar-refractivity contribution in [2.75, 3.05) is 7.11 Å². The number of fused-ring (bicyclic) bond motifs is 2. The third kappa shape index (κ3) is 3.90. The summed E-state index contributed by atoms with van der Waals surface area (Å²) in [4.78, 5) is 8.78. The summed E-state index contributed by atoms with van der Waals surface area (Å²) in [6, 6.07) is 6.10. The molecule has 0 saturated heterocycles. The van der Waals surface area contributed by atoms with Gasteiger partial charge in [0.05, 0.1) is 5.41 Å². The Labute approximate surface area is 143 Å². The lowest BCUT2D eigenvalue weighted by atomic mass is 9.64. The van der Waals surface area contributed by atoms with Gasteiger partial charge in [-0.3, -0.25) is 0 Å². The highest BCUT2D eigenvalue weighted by Crippen LogP contribution is 2.48. The van der Waals surface area contributed by atoms with Crippen molar-refractivity contribution >= 4 is 5.97 Å². The summed E-state index contributed by atoms with van der Waals surface area (Å²) < 4.78 is 37.2. The summed E-state index contributed by atoms with van der Waals surface area (Å²) in [6.07, 6.45) is 0.812. The number of quaternary nitrogens is 1. The van der Waals surface area contributed by atoms with Crippen LogP contribution in [0.2, 0.25) is 0 Å². The van der Waals surface area contributed by atoms with Crippen molar-refractivity contribution in [1.82, 2.24) is 0 Å². The number of carboxylic acids is 1. The van der Waals surface area contributed by atoms with Gasteiger partial charge in [0, 0.05) is 13.5 Å². The number of halogens is 3. The van der Waals surface area contributed by atoms with E-state index in [0.717, 1.165) is 6.42 Å². The van der Waals surface area contributed by atoms with Gasteiger partial charge in [0.2, 0.25) is 0 Å². The van der Waals surface area contributed by atoms with E-state index in [1.165, 1.54) is 36.8 Å². The Bertz CT molecular complexity index is 627. The van der Waals surface area contributed by atoms with Gasteiger partial charge in [-0.1, -0.05) is 18.9 Å². The highest BCUT2D eigenvalue weighted by Gasteiger charge is 2.51. The van der Waals surface area contributed by atoms with E-state index in [2.05, 4.69) is 11.8 Å². The highest BCUT2D eigenvalue weighted by molar-refractivity contribution is 5.70. The second kappa shape index (κ2) is 7.21. The van der Waals surface area contributed by atoms with Crippen molar-refractivity contribution in [1.29, 1.82) is 0 Å². The molecule has 2 aliphatic rings. The van der Waals surface area contributed by atoms with Crippen molar-refractivity contribution in [3.05, 3.63) is 29.3 Å². The van der Waals surface area contributed by atoms with Crippen molar-refractivity contribution in [3.63, 3.8) is 0 Å². The Hall–Kier alpha value is -1.80. The minimum Gasteiger partial charge on any atom is -0.542 e. The second-order valence-electron chi connectivity index (χ2n) is 6.57. The number of carbonyl (C=O) groups is 1. The normalized spacial score (nSPS) is 24.4. The number of aliphatic carboxylic acids is 1. The first-order valence-electron chi connectivity index (χ1n) is 8.08. The van der Waals surface area contributed by atoms with Crippen molar-refractivity contribution < 1.29 is 38.6 Å². The first-order chi connectivity index (χ1) is 11.6. The standard InChI is InChI=1S/C15H21NO2.C2HF3O2/c1-18-13-8-10-4-5-11(17)9-12(10)15(14(13)16)6-2-3-7-15;3-2(4,5)1(6)7/h4-5,9,13-14,17H,2-3,6-8,16H2,1H3;(H,6,7). The van der Waals surface area contributed by atoms with Crippen LogP contribution in [0.1, 0.15) is 36.8 Å². The molecule has 1 aromatic carbocycles. The Morgan fingerprint density at radius 3 is 2.40 bits per heavy atom. The van der Waals surface area contributed by atoms with Crippen LogP contribution in [0.4, 0.5) is 13.2 Å². The number of carbonyl (C=O) groups excluding carboxylic acids is 1. The van der Waals surface area contributed by atoms with Gasteiger partial charge in [-0.05, 0) is 36.1 Å². The number of rotatable bonds is 1. The third-order valence-corrected chi connectivity index (χ3v) is 5.24. The predicted octanol–water partition coefficient (Wildman–Crippen LogP) is 0.684. The molecule has 25 heavy (non-hydrogen) atoms. The van der Waals surface area contributed by atoms with E-state index in [0.29, 0.717) is 11.8 Å². The van der Waals surface area contributed by atoms with Crippen LogP contribution in [0.5, 0.6) is 5.75 Å². The molecule has 8 heteroatoms. The number of hydrogen-bond acceptors (Lipinski definition) is 4. The van der Waals surface area contributed by atoms with E-state index in [4.69, 9.17) is 14.6 Å². The van der Waals surface area contributed by atoms with E-state index in [9.17, 15) is 18.3 Å². The van der Waals surface area contributed by atoms with Crippen molar-refractivity contribution in [2.45, 2.75) is 55.8 Å². The van der Waals surface area contributed by atoms with E-state index in [1.54, 1.807) is 13.2 Å². The molecule has 0 bridgehead atoms. The second-order valence-corrected chi connectivity index (χ2v) is 6.57. The number of phenols is 1. The van der Waals surface area contributed by atoms with Crippen molar-refractivity contribution in [3.8, 4) is 5.75 Å². The SMILES string of the molecule is COC1Cc2ccc(O)cc2C2(CCCC2)C1[NH3+].O=C([O-])C(F)(F)F. The van der Waals surface area contributed by atoms with Crippen LogP contribution < -0.4 is 10.8 Å². The molecule has 5 nitrogen and oxygen atoms in total. The van der Waals surface area contributed by atoms with Crippen LogP contribution >= 0.6 is 0 Å². The summed E-state index contributed by atoms with van der Waals surface area (Å²) >= 11 is 0. The molecule has 2 atom stereocenters. The lowest BCUT2D eigenvalue weighted by Gasteiger charge is -2.42. The molecule has 2 aliphatic carbocycles. The number of hydrogen-bond donors (Lipinski definition) is 2. The van der Waals surface area contributed by atoms with Gasteiger partial charge in [0.1, 0.15) is 23.9 Å². The smallest absolute Gasteiger partial charge is 0.430 e. The first-order valence-corrected chi connectivity index (χ1v) is 8.08. The largest absolute Gasteiger partial charge is 0.542 e. The molecule has 0 heterocycles. The molecular weight excluding hydrogens is 339 g/mol. The molecule has 1 spiro atoms. The Kier molecular flexibility index (Phi) is 5.63. The molecule has 140 valence electrons. The summed E-state index contributed by atoms with van der Waals surface area (Å²) in [5, 5.41) is 18.6. The fourth-order valence-electron chi connectivity index (χ4n) is 4.01. The lowest BCUT2D eigenvalue weighted by molar-refractivity contribution is -0.458. The zero-order chi connectivity index (χ0) is 18.8. The summed E-state index contributed by atoms with van der Waals surface area (Å²) in [5.74, 6) is -2.63. The summed E-state index contributed by atoms with van der Waals surface area (Å²) in [7, 11) is 1.79. The van der Waals surface area contributed by atoms with Gasteiger partial charge in [-0.25, -0.2) is 0 Å². The maximum absolute atomic E-state index is 10.5. The molecule has 4 N–H and O–H groups in total. The van der Waals surface area contributed by atoms with Crippen LogP contribution in [0, 0.1) is 0 Å². The van der Waals surface area contributed by atoms with Crippen LogP contribution in [0.15, 0.2) is 18.2 Å². The Morgan fingerprint density at radius 2 is 1.92 bits per heavy atom. The van der Waals surface area contributed by atoms with Gasteiger partial charge in [0.25, 0.3) is 0 Å². The van der Waals surface area contributed by atoms with E-state index >= 15 is 0 Å². The van der Waals surface area contributed by atoms with E-state index in [1.807, 2.05) is 6.07 Å². The highest BCUT2D eigenvalue weighted by atomic mass is 19.4. The third-order valence-electron chi connectivity index (χ3n) is 5.24. The molecule has 3 rings (SSSR count). The first kappa shape index (κ1) is 19.5. The van der Waals surface area contributed by atoms with Crippen LogP contribution in [0.25, 0.3) is 0 Å². The number of ether oxygens (including phenoxy) is 1. The summed E-state index contributed by atoms with van der Waals surface area (Å²) in [5.41, 5.74) is 7.20. The fraction of sp³-hybridized carbons (Fsp3) is 0.588. The molecule has 1 aromatic rings. The van der Waals surface area contributed by atoms with Gasteiger partial charge < -0.3 is 25.5 Å². The minimum atomic E-state index is -5.19. The quantitative estimate of drug-likeness (QED) is 0.769. The van der Waals surface area contributed by atoms with Crippen LogP contribution in [-0.4, -0.2) is 36.5 Å². The number of phenolic OH excluding ortho intramolecular Hbond substituents is 1. The van der Waals surface area contributed by atoms with Crippen LogP contribution in [0.3, 0.4) is 0 Å². The van der Waals surface area contributed by atoms with Gasteiger partial charge in [-0.15, -0.1) is 0 Å². The number of alkyl halides is 3. The van der Waals surface area contributed by atoms with Crippen molar-refractivity contribution in [2.24, 2.45) is 0 Å². The number of benzene rings is 1. The molecule has 0 amide bonds. The predicted molar refractivity (Wildman–Crippen MR) is 80.5 cm³/mol. The van der Waals surface area contributed by atoms with Gasteiger partial charge in [-0.2, -0.15) is 13.2 Å². The number of aromatic hydroxyl groups is 1. The topological polar surface area (TPSA) is 97.2 Å².